The Morgan fingerprint density at radius 2 is 2.41 bits per heavy atom. The van der Waals surface area contributed by atoms with Crippen LogP contribution in [0.25, 0.3) is 0 Å². The van der Waals surface area contributed by atoms with Crippen LogP contribution in [0.5, 0.6) is 0 Å². The molecule has 1 aromatic rings. The minimum atomic E-state index is -0.220. The largest absolute Gasteiger partial charge is 0.395 e. The summed E-state index contributed by atoms with van der Waals surface area (Å²) in [5.74, 6) is 1.36. The molecule has 0 aromatic carbocycles. The predicted molar refractivity (Wildman–Crippen MR) is 83.9 cm³/mol. The standard InChI is InChI=1S/C16H25N3O3/c20-7-5-19-6-8-21-13-16(12-19)9-14(11-22-16)10-18-15-3-1-2-4-17-15/h1-4,14,20H,5-13H2,(H,17,18)/t14-,16+/m1/s1. The second kappa shape index (κ2) is 7.37. The molecule has 0 saturated carbocycles. The van der Waals surface area contributed by atoms with E-state index in [-0.39, 0.29) is 12.2 Å². The number of aliphatic hydroxyl groups is 1. The van der Waals surface area contributed by atoms with Gasteiger partial charge in [0, 0.05) is 38.3 Å². The van der Waals surface area contributed by atoms with E-state index in [2.05, 4.69) is 15.2 Å². The minimum Gasteiger partial charge on any atom is -0.395 e. The molecule has 2 fully saturated rings. The Morgan fingerprint density at radius 3 is 3.23 bits per heavy atom. The van der Waals surface area contributed by atoms with E-state index in [1.807, 2.05) is 18.2 Å². The average Bonchev–Trinajstić information content (AvgIpc) is 2.82. The Balaban J connectivity index is 1.53. The average molecular weight is 307 g/mol. The zero-order chi connectivity index (χ0) is 15.3. The first kappa shape index (κ1) is 15.7. The molecule has 0 unspecified atom stereocenters. The zero-order valence-electron chi connectivity index (χ0n) is 12.9. The molecule has 0 radical (unpaired) electrons. The van der Waals surface area contributed by atoms with E-state index < -0.39 is 0 Å². The SMILES string of the molecule is OCCN1CCOC[C@]2(C[C@H](CNc3ccccn3)CO2)C1. The van der Waals surface area contributed by atoms with Gasteiger partial charge in [-0.05, 0) is 18.6 Å². The quantitative estimate of drug-likeness (QED) is 0.830. The second-order valence-corrected chi connectivity index (χ2v) is 6.21. The third-order valence-corrected chi connectivity index (χ3v) is 4.37. The highest BCUT2D eigenvalue weighted by Crippen LogP contribution is 2.32. The van der Waals surface area contributed by atoms with E-state index in [0.29, 0.717) is 25.7 Å². The normalized spacial score (nSPS) is 29.6. The molecule has 6 heteroatoms. The first-order chi connectivity index (χ1) is 10.8. The van der Waals surface area contributed by atoms with Crippen molar-refractivity contribution in [3.8, 4) is 0 Å². The van der Waals surface area contributed by atoms with Crippen molar-refractivity contribution in [2.24, 2.45) is 5.92 Å². The van der Waals surface area contributed by atoms with Crippen LogP contribution in [-0.2, 0) is 9.47 Å². The maximum atomic E-state index is 9.16. The van der Waals surface area contributed by atoms with Crippen molar-refractivity contribution < 1.29 is 14.6 Å². The van der Waals surface area contributed by atoms with Crippen molar-refractivity contribution in [2.75, 3.05) is 57.9 Å². The molecule has 1 spiro atoms. The molecule has 2 saturated heterocycles. The maximum absolute atomic E-state index is 9.16. The number of hydrogen-bond donors (Lipinski definition) is 2. The lowest BCUT2D eigenvalue weighted by molar-refractivity contribution is -0.0563. The lowest BCUT2D eigenvalue weighted by Gasteiger charge is -2.30. The number of nitrogens with zero attached hydrogens (tertiary/aromatic N) is 2. The van der Waals surface area contributed by atoms with Gasteiger partial charge in [-0.1, -0.05) is 6.07 Å². The van der Waals surface area contributed by atoms with Gasteiger partial charge in [-0.3, -0.25) is 4.90 Å². The molecule has 22 heavy (non-hydrogen) atoms. The number of nitrogens with one attached hydrogen (secondary N) is 1. The van der Waals surface area contributed by atoms with Crippen LogP contribution >= 0.6 is 0 Å². The molecule has 0 amide bonds. The fourth-order valence-electron chi connectivity index (χ4n) is 3.31. The van der Waals surface area contributed by atoms with Crippen molar-refractivity contribution in [3.05, 3.63) is 24.4 Å². The van der Waals surface area contributed by atoms with E-state index in [4.69, 9.17) is 14.6 Å². The number of β-amino-alcohol motifs (C(OH)–C–C–N with tert-alkyl or cyclic N) is 1. The van der Waals surface area contributed by atoms with Crippen LogP contribution < -0.4 is 5.32 Å². The topological polar surface area (TPSA) is 66.9 Å². The molecule has 0 bridgehead atoms. The van der Waals surface area contributed by atoms with Crippen molar-refractivity contribution in [2.45, 2.75) is 12.0 Å². The number of aromatic nitrogens is 1. The molecule has 2 aliphatic heterocycles. The van der Waals surface area contributed by atoms with Gasteiger partial charge in [0.15, 0.2) is 0 Å². The van der Waals surface area contributed by atoms with E-state index in [1.54, 1.807) is 6.20 Å². The van der Waals surface area contributed by atoms with Crippen LogP contribution in [0.2, 0.25) is 0 Å². The first-order valence-electron chi connectivity index (χ1n) is 7.99. The fraction of sp³-hybridized carbons (Fsp3) is 0.688. The van der Waals surface area contributed by atoms with Gasteiger partial charge < -0.3 is 19.9 Å². The van der Waals surface area contributed by atoms with Crippen molar-refractivity contribution in [1.29, 1.82) is 0 Å². The molecule has 2 aliphatic rings. The van der Waals surface area contributed by atoms with Gasteiger partial charge >= 0.3 is 0 Å². The summed E-state index contributed by atoms with van der Waals surface area (Å²) in [6, 6.07) is 5.87. The highest BCUT2D eigenvalue weighted by Gasteiger charge is 2.43. The molecule has 122 valence electrons. The number of pyridine rings is 1. The molecule has 6 nitrogen and oxygen atoms in total. The maximum Gasteiger partial charge on any atom is 0.125 e. The van der Waals surface area contributed by atoms with Crippen LogP contribution in [0.1, 0.15) is 6.42 Å². The molecule has 2 atom stereocenters. The fourth-order valence-corrected chi connectivity index (χ4v) is 3.31. The summed E-state index contributed by atoms with van der Waals surface area (Å²) in [5.41, 5.74) is -0.220. The van der Waals surface area contributed by atoms with Gasteiger partial charge in [-0.25, -0.2) is 4.98 Å². The number of ether oxygens (including phenoxy) is 2. The lowest BCUT2D eigenvalue weighted by atomic mass is 9.94. The molecular formula is C16H25N3O3. The van der Waals surface area contributed by atoms with E-state index >= 15 is 0 Å². The summed E-state index contributed by atoms with van der Waals surface area (Å²) in [7, 11) is 0. The molecular weight excluding hydrogens is 282 g/mol. The summed E-state index contributed by atoms with van der Waals surface area (Å²) in [4.78, 5) is 6.52. The van der Waals surface area contributed by atoms with Gasteiger partial charge in [-0.15, -0.1) is 0 Å². The summed E-state index contributed by atoms with van der Waals surface area (Å²) >= 11 is 0. The van der Waals surface area contributed by atoms with Crippen molar-refractivity contribution in [1.82, 2.24) is 9.88 Å². The van der Waals surface area contributed by atoms with E-state index in [1.165, 1.54) is 0 Å². The summed E-state index contributed by atoms with van der Waals surface area (Å²) in [6.45, 7) is 5.54. The predicted octanol–water partition coefficient (Wildman–Crippen LogP) is 0.593. The number of anilines is 1. The second-order valence-electron chi connectivity index (χ2n) is 6.21. The van der Waals surface area contributed by atoms with Gasteiger partial charge in [-0.2, -0.15) is 0 Å². The van der Waals surface area contributed by atoms with Gasteiger partial charge in [0.1, 0.15) is 11.4 Å². The highest BCUT2D eigenvalue weighted by atomic mass is 16.5. The molecule has 1 aromatic heterocycles. The van der Waals surface area contributed by atoms with E-state index in [9.17, 15) is 0 Å². The van der Waals surface area contributed by atoms with Gasteiger partial charge in [0.05, 0.1) is 26.4 Å². The van der Waals surface area contributed by atoms with E-state index in [0.717, 1.165) is 38.5 Å². The Kier molecular flexibility index (Phi) is 5.25. The van der Waals surface area contributed by atoms with Crippen LogP contribution in [0, 0.1) is 5.92 Å². The molecule has 0 aliphatic carbocycles. The summed E-state index contributed by atoms with van der Waals surface area (Å²) in [6.07, 6.45) is 2.77. The molecule has 2 N–H and O–H groups in total. The van der Waals surface area contributed by atoms with Crippen LogP contribution in [0.15, 0.2) is 24.4 Å². The van der Waals surface area contributed by atoms with Crippen LogP contribution in [0.3, 0.4) is 0 Å². The Morgan fingerprint density at radius 1 is 1.45 bits per heavy atom. The number of rotatable bonds is 5. The monoisotopic (exact) mass is 307 g/mol. The van der Waals surface area contributed by atoms with Crippen LogP contribution in [0.4, 0.5) is 5.82 Å². The first-order valence-corrected chi connectivity index (χ1v) is 7.99. The minimum absolute atomic E-state index is 0.181. The highest BCUT2D eigenvalue weighted by molar-refractivity contribution is 5.33. The number of aliphatic hydroxyl groups excluding tert-OH is 1. The lowest BCUT2D eigenvalue weighted by Crippen LogP contribution is -2.45. The zero-order valence-corrected chi connectivity index (χ0v) is 12.9. The van der Waals surface area contributed by atoms with Crippen molar-refractivity contribution >= 4 is 5.82 Å². The van der Waals surface area contributed by atoms with Gasteiger partial charge in [0.25, 0.3) is 0 Å². The Labute approximate surface area is 131 Å². The Bertz CT molecular complexity index is 459. The third-order valence-electron chi connectivity index (χ3n) is 4.37. The third kappa shape index (κ3) is 3.95. The Hall–Kier alpha value is -1.21. The van der Waals surface area contributed by atoms with Gasteiger partial charge in [0.2, 0.25) is 0 Å². The molecule has 3 heterocycles. The molecule has 3 rings (SSSR count). The smallest absolute Gasteiger partial charge is 0.125 e. The number of hydrogen-bond acceptors (Lipinski definition) is 6. The summed E-state index contributed by atoms with van der Waals surface area (Å²) in [5, 5.41) is 12.5. The van der Waals surface area contributed by atoms with Crippen LogP contribution in [-0.4, -0.2) is 73.2 Å². The summed E-state index contributed by atoms with van der Waals surface area (Å²) < 4.78 is 11.9. The van der Waals surface area contributed by atoms with Crippen molar-refractivity contribution in [3.63, 3.8) is 0 Å².